The van der Waals surface area contributed by atoms with Crippen LogP contribution in [0, 0.1) is 6.92 Å². The topological polar surface area (TPSA) is 38.2 Å². The second-order valence-corrected chi connectivity index (χ2v) is 5.04. The molecule has 0 saturated carbocycles. The number of alkyl halides is 1. The van der Waals surface area contributed by atoms with Gasteiger partial charge < -0.3 is 9.64 Å². The second kappa shape index (κ2) is 5.30. The van der Waals surface area contributed by atoms with E-state index in [-0.39, 0.29) is 0 Å². The Morgan fingerprint density at radius 1 is 1.53 bits per heavy atom. The van der Waals surface area contributed by atoms with E-state index in [1.807, 2.05) is 20.0 Å². The summed E-state index contributed by atoms with van der Waals surface area (Å²) in [5, 5.41) is 0. The van der Waals surface area contributed by atoms with Crippen LogP contribution in [0.25, 0.3) is 0 Å². The zero-order chi connectivity index (χ0) is 11.4. The van der Waals surface area contributed by atoms with Crippen molar-refractivity contribution >= 4 is 21.7 Å². The number of aromatic nitrogens is 2. The van der Waals surface area contributed by atoms with Gasteiger partial charge >= 0.3 is 0 Å². The van der Waals surface area contributed by atoms with Crippen molar-refractivity contribution < 1.29 is 4.74 Å². The highest BCUT2D eigenvalue weighted by atomic mass is 79.9. The van der Waals surface area contributed by atoms with E-state index in [2.05, 4.69) is 37.7 Å². The number of hydrogen-bond acceptors (Lipinski definition) is 4. The molecule has 4 nitrogen and oxygen atoms in total. The molecule has 0 bridgehead atoms. The van der Waals surface area contributed by atoms with Gasteiger partial charge in [-0.25, -0.2) is 4.98 Å². The number of halogens is 1. The minimum absolute atomic E-state index is 0.420. The lowest BCUT2D eigenvalue weighted by Gasteiger charge is -2.20. The van der Waals surface area contributed by atoms with Gasteiger partial charge in [0.1, 0.15) is 11.6 Å². The summed E-state index contributed by atoms with van der Waals surface area (Å²) in [5.74, 6) is 2.20. The fraction of sp³-hybridized carbons (Fsp3) is 0.600. The van der Waals surface area contributed by atoms with Crippen molar-refractivity contribution in [2.75, 3.05) is 25.6 Å². The Hall–Kier alpha value is -0.840. The van der Waals surface area contributed by atoms with Gasteiger partial charge in [-0.1, -0.05) is 22.9 Å². The summed E-state index contributed by atoms with van der Waals surface area (Å²) in [4.78, 5) is 11.0. The highest BCUT2D eigenvalue weighted by Gasteiger charge is 2.08. The van der Waals surface area contributed by atoms with Crippen LogP contribution in [0.4, 0.5) is 5.82 Å². The Kier molecular flexibility index (Phi) is 4.32. The predicted octanol–water partition coefficient (Wildman–Crippen LogP) is 2.01. The number of rotatable bonds is 4. The smallest absolute Gasteiger partial charge is 0.218 e. The third kappa shape index (κ3) is 3.66. The molecule has 0 fully saturated rings. The molecule has 1 aromatic heterocycles. The molecule has 0 saturated heterocycles. The van der Waals surface area contributed by atoms with E-state index in [4.69, 9.17) is 4.74 Å². The van der Waals surface area contributed by atoms with E-state index in [0.29, 0.717) is 10.7 Å². The van der Waals surface area contributed by atoms with E-state index < -0.39 is 0 Å². The number of nitrogens with zero attached hydrogens (tertiary/aromatic N) is 3. The zero-order valence-corrected chi connectivity index (χ0v) is 11.1. The number of aryl methyl sites for hydroxylation is 1. The summed E-state index contributed by atoms with van der Waals surface area (Å²) in [6.07, 6.45) is 0. The minimum atomic E-state index is 0.420. The molecule has 1 atom stereocenters. The third-order valence-electron chi connectivity index (χ3n) is 1.93. The summed E-state index contributed by atoms with van der Waals surface area (Å²) in [5.41, 5.74) is 0. The lowest BCUT2D eigenvalue weighted by molar-refractivity contribution is 0.395. The Bertz CT molecular complexity index is 330. The number of ether oxygens (including phenoxy) is 1. The largest absolute Gasteiger partial charge is 0.481 e. The normalized spacial score (nSPS) is 12.3. The summed E-state index contributed by atoms with van der Waals surface area (Å²) in [6, 6.07) is 1.84. The first-order valence-electron chi connectivity index (χ1n) is 4.78. The van der Waals surface area contributed by atoms with Crippen LogP contribution in [-0.2, 0) is 0 Å². The van der Waals surface area contributed by atoms with Crippen LogP contribution in [0.5, 0.6) is 5.88 Å². The van der Waals surface area contributed by atoms with Gasteiger partial charge in [0.15, 0.2) is 0 Å². The van der Waals surface area contributed by atoms with Crippen LogP contribution >= 0.6 is 15.9 Å². The molecule has 0 radical (unpaired) electrons. The fourth-order valence-corrected chi connectivity index (χ4v) is 1.73. The Balaban J connectivity index is 2.88. The molecule has 84 valence electrons. The van der Waals surface area contributed by atoms with Crippen molar-refractivity contribution in [3.05, 3.63) is 11.9 Å². The maximum atomic E-state index is 5.10. The van der Waals surface area contributed by atoms with Gasteiger partial charge in [-0.2, -0.15) is 4.98 Å². The molecule has 0 aliphatic rings. The molecule has 0 aliphatic carbocycles. The predicted molar refractivity (Wildman–Crippen MR) is 65.0 cm³/mol. The molecule has 1 aromatic rings. The van der Waals surface area contributed by atoms with Gasteiger partial charge in [-0.15, -0.1) is 0 Å². The van der Waals surface area contributed by atoms with Crippen molar-refractivity contribution in [2.24, 2.45) is 0 Å². The summed E-state index contributed by atoms with van der Waals surface area (Å²) in [7, 11) is 3.61. The minimum Gasteiger partial charge on any atom is -0.481 e. The van der Waals surface area contributed by atoms with E-state index in [9.17, 15) is 0 Å². The summed E-state index contributed by atoms with van der Waals surface area (Å²) < 4.78 is 5.10. The van der Waals surface area contributed by atoms with E-state index >= 15 is 0 Å². The van der Waals surface area contributed by atoms with Crippen LogP contribution < -0.4 is 9.64 Å². The highest BCUT2D eigenvalue weighted by Crippen LogP contribution is 2.17. The van der Waals surface area contributed by atoms with Crippen molar-refractivity contribution in [3.8, 4) is 5.88 Å². The molecule has 0 spiro atoms. The molecule has 0 amide bonds. The molecule has 15 heavy (non-hydrogen) atoms. The van der Waals surface area contributed by atoms with E-state index in [1.54, 1.807) is 7.11 Å². The van der Waals surface area contributed by atoms with Gasteiger partial charge in [-0.3, -0.25) is 0 Å². The molecular weight excluding hydrogens is 258 g/mol. The van der Waals surface area contributed by atoms with Crippen LogP contribution in [0.15, 0.2) is 6.07 Å². The van der Waals surface area contributed by atoms with Gasteiger partial charge in [-0.05, 0) is 6.92 Å². The lowest BCUT2D eigenvalue weighted by Crippen LogP contribution is -2.25. The average Bonchev–Trinajstić information content (AvgIpc) is 2.15. The standard InChI is InChI=1S/C10H16BrN3O/c1-7(11)6-14(3)9-5-10(15-4)13-8(2)12-9/h5,7H,6H2,1-4H3. The third-order valence-corrected chi connectivity index (χ3v) is 2.22. The first-order chi connectivity index (χ1) is 7.02. The van der Waals surface area contributed by atoms with Crippen molar-refractivity contribution in [1.82, 2.24) is 9.97 Å². The molecule has 0 aliphatic heterocycles. The molecule has 1 unspecified atom stereocenters. The zero-order valence-electron chi connectivity index (χ0n) is 9.49. The molecule has 0 aromatic carbocycles. The highest BCUT2D eigenvalue weighted by molar-refractivity contribution is 9.09. The van der Waals surface area contributed by atoms with Crippen LogP contribution in [-0.4, -0.2) is 35.5 Å². The van der Waals surface area contributed by atoms with E-state index in [0.717, 1.165) is 18.2 Å². The average molecular weight is 274 g/mol. The molecular formula is C10H16BrN3O. The Morgan fingerprint density at radius 2 is 2.20 bits per heavy atom. The van der Waals surface area contributed by atoms with Crippen LogP contribution in [0.1, 0.15) is 12.7 Å². The quantitative estimate of drug-likeness (QED) is 0.787. The van der Waals surface area contributed by atoms with E-state index in [1.165, 1.54) is 0 Å². The molecule has 0 N–H and O–H groups in total. The fourth-order valence-electron chi connectivity index (χ4n) is 1.30. The second-order valence-electron chi connectivity index (χ2n) is 3.48. The van der Waals surface area contributed by atoms with Gasteiger partial charge in [0.2, 0.25) is 5.88 Å². The SMILES string of the molecule is COc1cc(N(C)CC(C)Br)nc(C)n1. The van der Waals surface area contributed by atoms with Crippen LogP contribution in [0.2, 0.25) is 0 Å². The van der Waals surface area contributed by atoms with Crippen molar-refractivity contribution in [1.29, 1.82) is 0 Å². The maximum Gasteiger partial charge on any atom is 0.218 e. The first-order valence-corrected chi connectivity index (χ1v) is 5.69. The van der Waals surface area contributed by atoms with Crippen molar-refractivity contribution in [2.45, 2.75) is 18.7 Å². The Morgan fingerprint density at radius 3 is 2.73 bits per heavy atom. The van der Waals surface area contributed by atoms with Gasteiger partial charge in [0.25, 0.3) is 0 Å². The Labute approximate surface area is 98.8 Å². The maximum absolute atomic E-state index is 5.10. The molecule has 1 heterocycles. The monoisotopic (exact) mass is 273 g/mol. The van der Waals surface area contributed by atoms with Crippen LogP contribution in [0.3, 0.4) is 0 Å². The molecule has 5 heteroatoms. The molecule has 1 rings (SSSR count). The summed E-state index contributed by atoms with van der Waals surface area (Å²) in [6.45, 7) is 4.85. The number of anilines is 1. The van der Waals surface area contributed by atoms with Crippen molar-refractivity contribution in [3.63, 3.8) is 0 Å². The number of hydrogen-bond donors (Lipinski definition) is 0. The van der Waals surface area contributed by atoms with Gasteiger partial charge in [0.05, 0.1) is 7.11 Å². The van der Waals surface area contributed by atoms with Gasteiger partial charge in [0, 0.05) is 24.5 Å². The summed E-state index contributed by atoms with van der Waals surface area (Å²) >= 11 is 3.51. The first kappa shape index (κ1) is 12.2. The number of methoxy groups -OCH3 is 1. The lowest BCUT2D eigenvalue weighted by atomic mass is 10.4.